The average Bonchev–Trinajstić information content (AvgIpc) is 3.18. The molecule has 0 spiro atoms. The van der Waals surface area contributed by atoms with Crippen molar-refractivity contribution in [2.24, 2.45) is 11.8 Å². The molecule has 3 heterocycles. The van der Waals surface area contributed by atoms with Crippen LogP contribution in [0.25, 0.3) is 10.2 Å². The van der Waals surface area contributed by atoms with E-state index in [1.165, 1.54) is 11.3 Å². The van der Waals surface area contributed by atoms with Crippen molar-refractivity contribution in [3.05, 3.63) is 35.9 Å². The van der Waals surface area contributed by atoms with Crippen LogP contribution in [0.2, 0.25) is 0 Å². The van der Waals surface area contributed by atoms with Crippen LogP contribution in [-0.4, -0.2) is 29.1 Å². The van der Waals surface area contributed by atoms with E-state index in [9.17, 15) is 14.7 Å². The van der Waals surface area contributed by atoms with Gasteiger partial charge < -0.3 is 20.0 Å². The van der Waals surface area contributed by atoms with Crippen molar-refractivity contribution in [1.82, 2.24) is 4.98 Å². The highest BCUT2D eigenvalue weighted by Crippen LogP contribution is 2.39. The van der Waals surface area contributed by atoms with Crippen LogP contribution >= 0.6 is 11.3 Å². The van der Waals surface area contributed by atoms with Crippen molar-refractivity contribution in [3.8, 4) is 0 Å². The van der Waals surface area contributed by atoms with Gasteiger partial charge in [-0.1, -0.05) is 29.6 Å². The molecule has 0 unspecified atom stereocenters. The minimum atomic E-state index is -1.26. The Labute approximate surface area is 135 Å². The molecule has 1 amide bonds. The fraction of sp³-hybridized carbons (Fsp3) is 0.312. The summed E-state index contributed by atoms with van der Waals surface area (Å²) in [6, 6.07) is 5.84. The number of hydrogen-bond donors (Lipinski definition) is 1. The van der Waals surface area contributed by atoms with Crippen molar-refractivity contribution in [2.75, 3.05) is 5.32 Å². The van der Waals surface area contributed by atoms with Gasteiger partial charge in [-0.25, -0.2) is 4.98 Å². The Balaban J connectivity index is 1.59. The van der Waals surface area contributed by atoms with E-state index in [1.54, 1.807) is 12.2 Å². The van der Waals surface area contributed by atoms with Crippen LogP contribution in [0.1, 0.15) is 5.56 Å². The van der Waals surface area contributed by atoms with E-state index < -0.39 is 35.9 Å². The van der Waals surface area contributed by atoms with E-state index in [0.717, 1.165) is 15.8 Å². The smallest absolute Gasteiger partial charge is 0.233 e. The Hall–Kier alpha value is -2.25. The van der Waals surface area contributed by atoms with Crippen molar-refractivity contribution >= 4 is 38.6 Å². The number of amides is 1. The minimum Gasteiger partial charge on any atom is -0.550 e. The molecule has 2 aromatic rings. The van der Waals surface area contributed by atoms with Crippen LogP contribution in [0.4, 0.5) is 5.13 Å². The number of carboxylic acids is 1. The maximum atomic E-state index is 12.5. The standard InChI is InChI=1S/C16H14N2O4S/c1-7-2-3-8-11(6-7)23-16(17-8)18-14(19)12-9-4-5-10(22-9)13(12)15(20)21/h2-6,9-10,12-13H,1H3,(H,20,21)(H,17,18,19)/p-1/t9-,10+,12+,13-/m0/s1. The van der Waals surface area contributed by atoms with E-state index in [1.807, 2.05) is 25.1 Å². The topological polar surface area (TPSA) is 91.4 Å². The quantitative estimate of drug-likeness (QED) is 0.844. The monoisotopic (exact) mass is 329 g/mol. The molecule has 2 aliphatic heterocycles. The molecule has 2 bridgehead atoms. The van der Waals surface area contributed by atoms with E-state index >= 15 is 0 Å². The van der Waals surface area contributed by atoms with Gasteiger partial charge in [0.25, 0.3) is 0 Å². The summed E-state index contributed by atoms with van der Waals surface area (Å²) in [7, 11) is 0. The molecule has 1 N–H and O–H groups in total. The van der Waals surface area contributed by atoms with Crippen molar-refractivity contribution in [3.63, 3.8) is 0 Å². The highest BCUT2D eigenvalue weighted by Gasteiger charge is 2.50. The Bertz CT molecular complexity index is 844. The Morgan fingerprint density at radius 3 is 2.74 bits per heavy atom. The molecule has 1 saturated heterocycles. The Morgan fingerprint density at radius 1 is 1.26 bits per heavy atom. The molecular formula is C16H13N2O4S-. The van der Waals surface area contributed by atoms with Gasteiger partial charge in [-0.2, -0.15) is 0 Å². The zero-order valence-electron chi connectivity index (χ0n) is 12.2. The van der Waals surface area contributed by atoms with Gasteiger partial charge in [0.05, 0.1) is 28.3 Å². The zero-order chi connectivity index (χ0) is 16.1. The lowest BCUT2D eigenvalue weighted by molar-refractivity contribution is -0.313. The Morgan fingerprint density at radius 2 is 2.00 bits per heavy atom. The molecule has 4 atom stereocenters. The van der Waals surface area contributed by atoms with Crippen LogP contribution in [0.5, 0.6) is 0 Å². The van der Waals surface area contributed by atoms with E-state index in [4.69, 9.17) is 4.74 Å². The number of nitrogens with one attached hydrogen (secondary N) is 1. The number of rotatable bonds is 3. The highest BCUT2D eigenvalue weighted by atomic mass is 32.1. The summed E-state index contributed by atoms with van der Waals surface area (Å²) in [4.78, 5) is 28.2. The fourth-order valence-corrected chi connectivity index (χ4v) is 4.14. The minimum absolute atomic E-state index is 0.396. The first-order valence-electron chi connectivity index (χ1n) is 7.25. The lowest BCUT2D eigenvalue weighted by Crippen LogP contribution is -2.45. The first kappa shape index (κ1) is 14.3. The first-order valence-corrected chi connectivity index (χ1v) is 8.07. The van der Waals surface area contributed by atoms with Gasteiger partial charge >= 0.3 is 0 Å². The molecular weight excluding hydrogens is 316 g/mol. The molecule has 0 radical (unpaired) electrons. The molecule has 2 aliphatic rings. The van der Waals surface area contributed by atoms with Crippen LogP contribution in [-0.2, 0) is 14.3 Å². The van der Waals surface area contributed by atoms with Gasteiger partial charge in [0, 0.05) is 11.9 Å². The number of hydrogen-bond acceptors (Lipinski definition) is 6. The molecule has 7 heteroatoms. The lowest BCUT2D eigenvalue weighted by atomic mass is 9.82. The maximum Gasteiger partial charge on any atom is 0.233 e. The third-order valence-corrected chi connectivity index (χ3v) is 5.18. The summed E-state index contributed by atoms with van der Waals surface area (Å²) >= 11 is 1.36. The van der Waals surface area contributed by atoms with Gasteiger partial charge in [-0.3, -0.25) is 4.79 Å². The molecule has 23 heavy (non-hydrogen) atoms. The lowest BCUT2D eigenvalue weighted by Gasteiger charge is -2.24. The number of anilines is 1. The Kier molecular flexibility index (Phi) is 3.21. The summed E-state index contributed by atoms with van der Waals surface area (Å²) in [5, 5.41) is 14.5. The van der Waals surface area contributed by atoms with Crippen molar-refractivity contribution in [1.29, 1.82) is 0 Å². The predicted octanol–water partition coefficient (Wildman–Crippen LogP) is 0.863. The van der Waals surface area contributed by atoms with Crippen LogP contribution in [0.3, 0.4) is 0 Å². The number of aryl methyl sites for hydroxylation is 1. The predicted molar refractivity (Wildman–Crippen MR) is 82.8 cm³/mol. The van der Waals surface area contributed by atoms with Gasteiger partial charge in [0.1, 0.15) is 0 Å². The molecule has 1 fully saturated rings. The second kappa shape index (κ2) is 5.14. The number of thiazole rings is 1. The van der Waals surface area contributed by atoms with Crippen molar-refractivity contribution < 1.29 is 19.4 Å². The van der Waals surface area contributed by atoms with Crippen LogP contribution < -0.4 is 10.4 Å². The van der Waals surface area contributed by atoms with E-state index in [-0.39, 0.29) is 0 Å². The summed E-state index contributed by atoms with van der Waals surface area (Å²) in [6.45, 7) is 1.99. The van der Waals surface area contributed by atoms with Crippen molar-refractivity contribution in [2.45, 2.75) is 19.1 Å². The number of carbonyl (C=O) groups is 2. The normalized spacial score (nSPS) is 28.4. The summed E-state index contributed by atoms with van der Waals surface area (Å²) in [5.74, 6) is -3.40. The number of benzene rings is 1. The maximum absolute atomic E-state index is 12.5. The largest absolute Gasteiger partial charge is 0.550 e. The summed E-state index contributed by atoms with van der Waals surface area (Å²) < 4.78 is 6.46. The van der Waals surface area contributed by atoms with Gasteiger partial charge in [0.2, 0.25) is 5.91 Å². The second-order valence-electron chi connectivity index (χ2n) is 5.80. The third-order valence-electron chi connectivity index (χ3n) is 4.25. The first-order chi connectivity index (χ1) is 11.0. The van der Waals surface area contributed by atoms with Gasteiger partial charge in [-0.05, 0) is 24.6 Å². The SMILES string of the molecule is Cc1ccc2nc(NC(=O)[C@H]3[C@@H](C(=O)[O-])[C@H]4C=C[C@@H]3O4)sc2c1. The van der Waals surface area contributed by atoms with Gasteiger partial charge in [-0.15, -0.1) is 0 Å². The van der Waals surface area contributed by atoms with E-state index in [0.29, 0.717) is 5.13 Å². The number of nitrogens with zero attached hydrogens (tertiary/aromatic N) is 1. The van der Waals surface area contributed by atoms with Gasteiger partial charge in [0.15, 0.2) is 5.13 Å². The highest BCUT2D eigenvalue weighted by molar-refractivity contribution is 7.22. The number of carbonyl (C=O) groups excluding carboxylic acids is 2. The van der Waals surface area contributed by atoms with Crippen LogP contribution in [0.15, 0.2) is 30.4 Å². The molecule has 1 aromatic heterocycles. The number of aromatic nitrogens is 1. The number of fused-ring (bicyclic) bond motifs is 3. The average molecular weight is 329 g/mol. The molecule has 4 rings (SSSR count). The summed E-state index contributed by atoms with van der Waals surface area (Å²) in [5.41, 5.74) is 1.92. The number of aliphatic carboxylic acids is 1. The zero-order valence-corrected chi connectivity index (χ0v) is 13.0. The van der Waals surface area contributed by atoms with E-state index in [2.05, 4.69) is 10.3 Å². The number of ether oxygens (including phenoxy) is 1. The molecule has 0 aliphatic carbocycles. The second-order valence-corrected chi connectivity index (χ2v) is 6.83. The molecule has 0 saturated carbocycles. The fourth-order valence-electron chi connectivity index (χ4n) is 3.18. The molecule has 6 nitrogen and oxygen atoms in total. The third kappa shape index (κ3) is 2.32. The molecule has 118 valence electrons. The number of carboxylic acid groups (broad SMARTS) is 1. The van der Waals surface area contributed by atoms with Crippen LogP contribution in [0, 0.1) is 18.8 Å². The summed E-state index contributed by atoms with van der Waals surface area (Å²) in [6.07, 6.45) is 2.31. The molecule has 1 aromatic carbocycles.